The van der Waals surface area contributed by atoms with E-state index in [1.807, 2.05) is 24.3 Å². The van der Waals surface area contributed by atoms with Crippen molar-refractivity contribution in [2.45, 2.75) is 6.42 Å². The Morgan fingerprint density at radius 1 is 1.14 bits per heavy atom. The maximum Gasteiger partial charge on any atom is 0.0863 e. The summed E-state index contributed by atoms with van der Waals surface area (Å²) in [6.07, 6.45) is 0.492. The van der Waals surface area contributed by atoms with Gasteiger partial charge in [-0.25, -0.2) is 0 Å². The molecule has 0 amide bonds. The smallest absolute Gasteiger partial charge is 0.0863 e. The van der Waals surface area contributed by atoms with E-state index in [1.54, 1.807) is 22.7 Å². The minimum Gasteiger partial charge on any atom is -0.391 e. The highest BCUT2D eigenvalue weighted by Crippen LogP contribution is 2.34. The predicted molar refractivity (Wildman–Crippen MR) is 61.4 cm³/mol. The van der Waals surface area contributed by atoms with E-state index in [0.29, 0.717) is 6.42 Å². The minimum atomic E-state index is 0.492. The van der Waals surface area contributed by atoms with Gasteiger partial charge in [0.15, 0.2) is 0 Å². The zero-order valence-corrected chi connectivity index (χ0v) is 8.99. The summed E-state index contributed by atoms with van der Waals surface area (Å²) in [5.74, 6) is 0. The SMILES string of the molecule is N#CCc1ccc(-c2ccc(N)s2)s1. The Balaban J connectivity index is 2.30. The molecule has 2 aromatic heterocycles. The van der Waals surface area contributed by atoms with Crippen molar-refractivity contribution in [3.05, 3.63) is 29.1 Å². The predicted octanol–water partition coefficient (Wildman–Crippen LogP) is 3.12. The zero-order chi connectivity index (χ0) is 9.97. The topological polar surface area (TPSA) is 49.8 Å². The molecule has 70 valence electrons. The summed E-state index contributed by atoms with van der Waals surface area (Å²) >= 11 is 3.23. The van der Waals surface area contributed by atoms with Gasteiger partial charge in [0.05, 0.1) is 17.5 Å². The lowest BCUT2D eigenvalue weighted by Crippen LogP contribution is -1.72. The van der Waals surface area contributed by atoms with Crippen molar-refractivity contribution in [3.63, 3.8) is 0 Å². The van der Waals surface area contributed by atoms with Gasteiger partial charge in [0.1, 0.15) is 0 Å². The van der Waals surface area contributed by atoms with E-state index in [-0.39, 0.29) is 0 Å². The van der Waals surface area contributed by atoms with Gasteiger partial charge in [0.2, 0.25) is 0 Å². The van der Waals surface area contributed by atoms with Gasteiger partial charge in [-0.05, 0) is 24.3 Å². The lowest BCUT2D eigenvalue weighted by molar-refractivity contribution is 1.32. The highest BCUT2D eigenvalue weighted by atomic mass is 32.1. The second-order valence-corrected chi connectivity index (χ2v) is 5.09. The van der Waals surface area contributed by atoms with Crippen LogP contribution in [0.2, 0.25) is 0 Å². The van der Waals surface area contributed by atoms with Crippen LogP contribution in [0, 0.1) is 11.3 Å². The van der Waals surface area contributed by atoms with Crippen molar-refractivity contribution in [3.8, 4) is 15.8 Å². The Bertz CT molecular complexity index is 476. The van der Waals surface area contributed by atoms with Crippen molar-refractivity contribution in [1.82, 2.24) is 0 Å². The molecule has 2 N–H and O–H groups in total. The molecule has 0 spiro atoms. The maximum absolute atomic E-state index is 8.54. The quantitative estimate of drug-likeness (QED) is 0.845. The summed E-state index contributed by atoms with van der Waals surface area (Å²) in [4.78, 5) is 3.48. The third-order valence-electron chi connectivity index (χ3n) is 1.78. The van der Waals surface area contributed by atoms with Gasteiger partial charge < -0.3 is 5.73 Å². The van der Waals surface area contributed by atoms with E-state index in [1.165, 1.54) is 9.75 Å². The molecule has 0 radical (unpaired) electrons. The first-order valence-corrected chi connectivity index (χ1v) is 5.74. The molecular formula is C10H8N2S2. The number of hydrogen-bond acceptors (Lipinski definition) is 4. The summed E-state index contributed by atoms with van der Waals surface area (Å²) in [5.41, 5.74) is 5.65. The van der Waals surface area contributed by atoms with Gasteiger partial charge in [-0.3, -0.25) is 0 Å². The number of anilines is 1. The molecule has 0 bridgehead atoms. The Morgan fingerprint density at radius 3 is 2.50 bits per heavy atom. The van der Waals surface area contributed by atoms with Gasteiger partial charge in [0, 0.05) is 14.6 Å². The van der Waals surface area contributed by atoms with Crippen LogP contribution in [0.5, 0.6) is 0 Å². The van der Waals surface area contributed by atoms with Gasteiger partial charge in [-0.15, -0.1) is 22.7 Å². The van der Waals surface area contributed by atoms with Gasteiger partial charge >= 0.3 is 0 Å². The third kappa shape index (κ3) is 1.79. The first-order valence-electron chi connectivity index (χ1n) is 4.11. The van der Waals surface area contributed by atoms with Crippen LogP contribution >= 0.6 is 22.7 Å². The van der Waals surface area contributed by atoms with E-state index >= 15 is 0 Å². The number of nitriles is 1. The van der Waals surface area contributed by atoms with Gasteiger partial charge in [-0.1, -0.05) is 0 Å². The third-order valence-corrected chi connectivity index (χ3v) is 3.98. The first-order chi connectivity index (χ1) is 6.79. The normalized spacial score (nSPS) is 9.93. The molecule has 4 heteroatoms. The van der Waals surface area contributed by atoms with Crippen molar-refractivity contribution in [2.24, 2.45) is 0 Å². The summed E-state index contributed by atoms with van der Waals surface area (Å²) in [6.45, 7) is 0. The average Bonchev–Trinajstić information content (AvgIpc) is 2.74. The molecule has 0 aliphatic carbocycles. The zero-order valence-electron chi connectivity index (χ0n) is 7.36. The van der Waals surface area contributed by atoms with Crippen molar-refractivity contribution in [1.29, 1.82) is 5.26 Å². The van der Waals surface area contributed by atoms with Crippen LogP contribution in [-0.2, 0) is 6.42 Å². The summed E-state index contributed by atoms with van der Waals surface area (Å²) in [5, 5.41) is 9.37. The largest absolute Gasteiger partial charge is 0.391 e. The fourth-order valence-electron chi connectivity index (χ4n) is 1.17. The number of nitrogen functional groups attached to an aromatic ring is 1. The summed E-state index contributed by atoms with van der Waals surface area (Å²) < 4.78 is 0. The number of nitrogens with zero attached hydrogens (tertiary/aromatic N) is 1. The molecule has 0 saturated heterocycles. The van der Waals surface area contributed by atoms with Gasteiger partial charge in [0.25, 0.3) is 0 Å². The Labute approximate surface area is 90.2 Å². The molecule has 14 heavy (non-hydrogen) atoms. The van der Waals surface area contributed by atoms with E-state index in [0.717, 1.165) is 9.88 Å². The summed E-state index contributed by atoms with van der Waals surface area (Å²) in [6, 6.07) is 10.1. The molecule has 0 aliphatic heterocycles. The van der Waals surface area contributed by atoms with Crippen molar-refractivity contribution in [2.75, 3.05) is 5.73 Å². The van der Waals surface area contributed by atoms with E-state index in [4.69, 9.17) is 11.0 Å². The van der Waals surface area contributed by atoms with E-state index in [9.17, 15) is 0 Å². The van der Waals surface area contributed by atoms with Crippen LogP contribution < -0.4 is 5.73 Å². The first kappa shape index (κ1) is 9.25. The monoisotopic (exact) mass is 220 g/mol. The maximum atomic E-state index is 8.54. The summed E-state index contributed by atoms with van der Waals surface area (Å²) in [7, 11) is 0. The van der Waals surface area contributed by atoms with Crippen LogP contribution in [0.3, 0.4) is 0 Å². The van der Waals surface area contributed by atoms with E-state index < -0.39 is 0 Å². The lowest BCUT2D eigenvalue weighted by atomic mass is 10.3. The second kappa shape index (κ2) is 3.82. The van der Waals surface area contributed by atoms with Crippen LogP contribution in [-0.4, -0.2) is 0 Å². The van der Waals surface area contributed by atoms with Crippen molar-refractivity contribution < 1.29 is 0 Å². The Morgan fingerprint density at radius 2 is 1.86 bits per heavy atom. The standard InChI is InChI=1S/C10H8N2S2/c11-6-5-7-1-2-8(13-7)9-3-4-10(12)14-9/h1-4H,5,12H2. The Hall–Kier alpha value is -1.31. The van der Waals surface area contributed by atoms with Crippen LogP contribution in [0.25, 0.3) is 9.75 Å². The molecule has 2 aromatic rings. The van der Waals surface area contributed by atoms with Crippen LogP contribution in [0.15, 0.2) is 24.3 Å². The fourth-order valence-corrected chi connectivity index (χ4v) is 2.97. The van der Waals surface area contributed by atoms with E-state index in [2.05, 4.69) is 6.07 Å². The Kier molecular flexibility index (Phi) is 2.53. The molecule has 0 fully saturated rings. The van der Waals surface area contributed by atoms with Gasteiger partial charge in [-0.2, -0.15) is 5.26 Å². The van der Waals surface area contributed by atoms with Crippen molar-refractivity contribution >= 4 is 27.7 Å². The lowest BCUT2D eigenvalue weighted by Gasteiger charge is -1.87. The molecule has 0 saturated carbocycles. The molecular weight excluding hydrogens is 212 g/mol. The molecule has 2 rings (SSSR count). The molecule has 0 aliphatic rings. The van der Waals surface area contributed by atoms with Crippen LogP contribution in [0.1, 0.15) is 4.88 Å². The molecule has 0 atom stereocenters. The number of nitrogens with two attached hydrogens (primary N) is 1. The molecule has 0 aromatic carbocycles. The molecule has 0 unspecified atom stereocenters. The highest BCUT2D eigenvalue weighted by Gasteiger charge is 2.04. The highest BCUT2D eigenvalue weighted by molar-refractivity contribution is 7.24. The second-order valence-electron chi connectivity index (χ2n) is 2.80. The molecule has 2 heterocycles. The minimum absolute atomic E-state index is 0.492. The number of rotatable bonds is 2. The number of hydrogen-bond donors (Lipinski definition) is 1. The number of thiophene rings is 2. The average molecular weight is 220 g/mol. The fraction of sp³-hybridized carbons (Fsp3) is 0.100. The van der Waals surface area contributed by atoms with Crippen LogP contribution in [0.4, 0.5) is 5.00 Å². The molecule has 2 nitrogen and oxygen atoms in total.